The van der Waals surface area contributed by atoms with Gasteiger partial charge in [0.2, 0.25) is 0 Å². The van der Waals surface area contributed by atoms with E-state index in [9.17, 15) is 5.26 Å². The quantitative estimate of drug-likeness (QED) is 0.525. The lowest BCUT2D eigenvalue weighted by molar-refractivity contribution is 0.649. The summed E-state index contributed by atoms with van der Waals surface area (Å²) >= 11 is 0. The largest absolute Gasteiger partial charge is 0.347 e. The first-order chi connectivity index (χ1) is 11.3. The van der Waals surface area contributed by atoms with Crippen LogP contribution in [0.5, 0.6) is 0 Å². The third-order valence-corrected chi connectivity index (χ3v) is 4.37. The standard InChI is InChI=1S/C21H28N2/c1-4-7-14-23-16-20(19-12-8-9-13-21(19)23)18(11-6-3)17(15-22)10-5-2/h8-9,12-13,16H,4-7,10-11,14H2,1-3H3/b18-17-. The van der Waals surface area contributed by atoms with Gasteiger partial charge in [0, 0.05) is 34.8 Å². The van der Waals surface area contributed by atoms with E-state index in [2.05, 4.69) is 61.9 Å². The molecule has 0 saturated carbocycles. The van der Waals surface area contributed by atoms with Crippen LogP contribution >= 0.6 is 0 Å². The molecule has 0 fully saturated rings. The normalized spacial score (nSPS) is 12.3. The highest BCUT2D eigenvalue weighted by Gasteiger charge is 2.15. The summed E-state index contributed by atoms with van der Waals surface area (Å²) in [4.78, 5) is 0. The fraction of sp³-hybridized carbons (Fsp3) is 0.476. The Morgan fingerprint density at radius 1 is 1.04 bits per heavy atom. The van der Waals surface area contributed by atoms with Crippen LogP contribution in [0.25, 0.3) is 16.5 Å². The number of benzene rings is 1. The van der Waals surface area contributed by atoms with Gasteiger partial charge in [-0.3, -0.25) is 0 Å². The van der Waals surface area contributed by atoms with E-state index in [1.807, 2.05) is 0 Å². The maximum atomic E-state index is 9.62. The number of rotatable bonds is 8. The molecule has 0 bridgehead atoms. The van der Waals surface area contributed by atoms with Crippen molar-refractivity contribution >= 4 is 16.5 Å². The molecule has 1 aromatic carbocycles. The summed E-state index contributed by atoms with van der Waals surface area (Å²) in [7, 11) is 0. The van der Waals surface area contributed by atoms with Crippen LogP contribution in [0, 0.1) is 11.3 Å². The minimum Gasteiger partial charge on any atom is -0.347 e. The molecule has 0 N–H and O–H groups in total. The fourth-order valence-electron chi connectivity index (χ4n) is 3.22. The molecule has 0 radical (unpaired) electrons. The third kappa shape index (κ3) is 3.85. The van der Waals surface area contributed by atoms with Crippen molar-refractivity contribution in [3.8, 4) is 6.07 Å². The number of aromatic nitrogens is 1. The lowest BCUT2D eigenvalue weighted by Crippen LogP contribution is -1.95. The lowest BCUT2D eigenvalue weighted by Gasteiger charge is -2.09. The van der Waals surface area contributed by atoms with Crippen LogP contribution in [0.1, 0.15) is 64.9 Å². The Hall–Kier alpha value is -2.01. The smallest absolute Gasteiger partial charge is 0.0950 e. The highest BCUT2D eigenvalue weighted by molar-refractivity contribution is 5.94. The summed E-state index contributed by atoms with van der Waals surface area (Å²) in [6.07, 6.45) is 8.59. The predicted octanol–water partition coefficient (Wildman–Crippen LogP) is 6.32. The maximum Gasteiger partial charge on any atom is 0.0950 e. The Bertz CT molecular complexity index is 713. The van der Waals surface area contributed by atoms with Crippen molar-refractivity contribution in [1.29, 1.82) is 5.26 Å². The molecule has 0 aliphatic carbocycles. The molecule has 2 aromatic rings. The van der Waals surface area contributed by atoms with Crippen molar-refractivity contribution in [3.05, 3.63) is 41.6 Å². The maximum absolute atomic E-state index is 9.62. The number of hydrogen-bond acceptors (Lipinski definition) is 1. The van der Waals surface area contributed by atoms with Gasteiger partial charge in [0.05, 0.1) is 6.07 Å². The molecule has 0 amide bonds. The van der Waals surface area contributed by atoms with E-state index in [1.165, 1.54) is 34.9 Å². The monoisotopic (exact) mass is 308 g/mol. The van der Waals surface area contributed by atoms with Crippen molar-refractivity contribution in [2.45, 2.75) is 65.8 Å². The number of hydrogen-bond donors (Lipinski definition) is 0. The van der Waals surface area contributed by atoms with E-state index in [4.69, 9.17) is 0 Å². The molecule has 1 aromatic heterocycles. The average molecular weight is 308 g/mol. The van der Waals surface area contributed by atoms with E-state index in [1.54, 1.807) is 0 Å². The highest BCUT2D eigenvalue weighted by atomic mass is 15.0. The highest BCUT2D eigenvalue weighted by Crippen LogP contribution is 2.33. The van der Waals surface area contributed by atoms with Crippen molar-refractivity contribution in [2.75, 3.05) is 0 Å². The van der Waals surface area contributed by atoms with Gasteiger partial charge in [-0.25, -0.2) is 0 Å². The number of aryl methyl sites for hydroxylation is 1. The summed E-state index contributed by atoms with van der Waals surface area (Å²) in [6, 6.07) is 11.1. The molecule has 0 atom stereocenters. The summed E-state index contributed by atoms with van der Waals surface area (Å²) in [5.74, 6) is 0. The van der Waals surface area contributed by atoms with Gasteiger partial charge in [-0.05, 0) is 30.9 Å². The number of nitrogens with zero attached hydrogens (tertiary/aromatic N) is 2. The summed E-state index contributed by atoms with van der Waals surface area (Å²) in [5.41, 5.74) is 4.78. The molecule has 2 nitrogen and oxygen atoms in total. The van der Waals surface area contributed by atoms with Crippen LogP contribution < -0.4 is 0 Å². The van der Waals surface area contributed by atoms with Crippen LogP contribution in [-0.2, 0) is 6.54 Å². The van der Waals surface area contributed by atoms with Crippen LogP contribution in [0.3, 0.4) is 0 Å². The second kappa shape index (κ2) is 8.58. The summed E-state index contributed by atoms with van der Waals surface area (Å²) in [6.45, 7) is 7.61. The van der Waals surface area contributed by atoms with Crippen LogP contribution in [-0.4, -0.2) is 4.57 Å². The Kier molecular flexibility index (Phi) is 6.47. The van der Waals surface area contributed by atoms with Crippen LogP contribution in [0.15, 0.2) is 36.0 Å². The third-order valence-electron chi connectivity index (χ3n) is 4.37. The Balaban J connectivity index is 2.62. The zero-order valence-corrected chi connectivity index (χ0v) is 14.7. The molecule has 2 rings (SSSR count). The van der Waals surface area contributed by atoms with Gasteiger partial charge in [-0.1, -0.05) is 58.2 Å². The first kappa shape index (κ1) is 17.3. The first-order valence-electron chi connectivity index (χ1n) is 8.97. The first-order valence-corrected chi connectivity index (χ1v) is 8.97. The zero-order valence-electron chi connectivity index (χ0n) is 14.7. The van der Waals surface area contributed by atoms with E-state index in [-0.39, 0.29) is 0 Å². The van der Waals surface area contributed by atoms with Crippen LogP contribution in [0.2, 0.25) is 0 Å². The number of unbranched alkanes of at least 4 members (excludes halogenated alkanes) is 1. The van der Waals surface area contributed by atoms with Gasteiger partial charge in [0.1, 0.15) is 0 Å². The second-order valence-corrected chi connectivity index (χ2v) is 6.18. The molecule has 0 saturated heterocycles. The zero-order chi connectivity index (χ0) is 16.7. The van der Waals surface area contributed by atoms with E-state index < -0.39 is 0 Å². The Labute approximate surface area is 140 Å². The predicted molar refractivity (Wildman–Crippen MR) is 99.2 cm³/mol. The van der Waals surface area contributed by atoms with Gasteiger partial charge >= 0.3 is 0 Å². The van der Waals surface area contributed by atoms with Gasteiger partial charge in [0.25, 0.3) is 0 Å². The molecule has 2 heteroatoms. The molecule has 0 unspecified atom stereocenters. The van der Waals surface area contributed by atoms with E-state index in [0.29, 0.717) is 0 Å². The van der Waals surface area contributed by atoms with Crippen LogP contribution in [0.4, 0.5) is 0 Å². The SMILES string of the molecule is CCCCn1cc(/C(CCC)=C(\C#N)CCC)c2ccccc21. The number of nitriles is 1. The molecule has 0 aliphatic heterocycles. The van der Waals surface area contributed by atoms with Crippen molar-refractivity contribution in [3.63, 3.8) is 0 Å². The molecular formula is C21H28N2. The van der Waals surface area contributed by atoms with Gasteiger partial charge in [-0.2, -0.15) is 5.26 Å². The molecule has 122 valence electrons. The molecule has 0 aliphatic rings. The second-order valence-electron chi connectivity index (χ2n) is 6.18. The summed E-state index contributed by atoms with van der Waals surface area (Å²) in [5, 5.41) is 10.9. The minimum atomic E-state index is 0.875. The minimum absolute atomic E-state index is 0.875. The Morgan fingerprint density at radius 3 is 2.43 bits per heavy atom. The number of allylic oxidation sites excluding steroid dienone is 2. The molecule has 0 spiro atoms. The topological polar surface area (TPSA) is 28.7 Å². The molecule has 23 heavy (non-hydrogen) atoms. The van der Waals surface area contributed by atoms with Crippen molar-refractivity contribution in [2.24, 2.45) is 0 Å². The van der Waals surface area contributed by atoms with Gasteiger partial charge < -0.3 is 4.57 Å². The lowest BCUT2D eigenvalue weighted by atomic mass is 9.94. The molecular weight excluding hydrogens is 280 g/mol. The van der Waals surface area contributed by atoms with Crippen molar-refractivity contribution in [1.82, 2.24) is 4.57 Å². The van der Waals surface area contributed by atoms with Gasteiger partial charge in [-0.15, -0.1) is 0 Å². The van der Waals surface area contributed by atoms with E-state index in [0.717, 1.165) is 37.8 Å². The van der Waals surface area contributed by atoms with Crippen molar-refractivity contribution < 1.29 is 0 Å². The number of para-hydroxylation sites is 1. The fourth-order valence-corrected chi connectivity index (χ4v) is 3.22. The molecule has 1 heterocycles. The summed E-state index contributed by atoms with van der Waals surface area (Å²) < 4.78 is 2.37. The Morgan fingerprint density at radius 2 is 1.78 bits per heavy atom. The average Bonchev–Trinajstić information content (AvgIpc) is 2.95. The number of fused-ring (bicyclic) bond motifs is 1. The van der Waals surface area contributed by atoms with E-state index >= 15 is 0 Å². The van der Waals surface area contributed by atoms with Gasteiger partial charge in [0.15, 0.2) is 0 Å².